The fourth-order valence-electron chi connectivity index (χ4n) is 1.95. The van der Waals surface area contributed by atoms with Crippen molar-refractivity contribution in [3.05, 3.63) is 41.5 Å². The van der Waals surface area contributed by atoms with Crippen LogP contribution in [0.25, 0.3) is 0 Å². The zero-order chi connectivity index (χ0) is 14.3. The summed E-state index contributed by atoms with van der Waals surface area (Å²) in [6, 6.07) is 8.24. The molecule has 0 bridgehead atoms. The number of nitrogens with one attached hydrogen (secondary N) is 1. The number of ether oxygens (including phenoxy) is 1. The van der Waals surface area contributed by atoms with E-state index in [0.29, 0.717) is 24.5 Å². The third kappa shape index (κ3) is 4.43. The number of methoxy groups -OCH3 is 1. The van der Waals surface area contributed by atoms with Crippen molar-refractivity contribution >= 4 is 11.7 Å². The molecule has 0 aliphatic heterocycles. The van der Waals surface area contributed by atoms with Crippen molar-refractivity contribution < 1.29 is 9.53 Å². The average Bonchev–Trinajstić information content (AvgIpc) is 2.43. The van der Waals surface area contributed by atoms with E-state index in [2.05, 4.69) is 31.3 Å². The Bertz CT molecular complexity index is 450. The Morgan fingerprint density at radius 3 is 2.63 bits per heavy atom. The predicted molar refractivity (Wildman–Crippen MR) is 79.4 cm³/mol. The summed E-state index contributed by atoms with van der Waals surface area (Å²) in [5, 5.41) is 3.35. The Morgan fingerprint density at radius 1 is 1.37 bits per heavy atom. The summed E-state index contributed by atoms with van der Waals surface area (Å²) in [6.45, 7) is 6.91. The summed E-state index contributed by atoms with van der Waals surface area (Å²) in [6.07, 6.45) is 2.57. The zero-order valence-corrected chi connectivity index (χ0v) is 12.2. The van der Waals surface area contributed by atoms with Crippen molar-refractivity contribution in [1.82, 2.24) is 0 Å². The van der Waals surface area contributed by atoms with Crippen LogP contribution < -0.4 is 5.32 Å². The SMILES string of the molecule is CC/C(=C/CNc1ccccc1C(C)C)C(=O)OC. The van der Waals surface area contributed by atoms with Gasteiger partial charge in [-0.05, 0) is 24.0 Å². The summed E-state index contributed by atoms with van der Waals surface area (Å²) in [7, 11) is 1.41. The molecule has 19 heavy (non-hydrogen) atoms. The Hall–Kier alpha value is -1.77. The maximum Gasteiger partial charge on any atom is 0.333 e. The zero-order valence-electron chi connectivity index (χ0n) is 12.2. The molecule has 3 heteroatoms. The van der Waals surface area contributed by atoms with Gasteiger partial charge in [0.05, 0.1) is 7.11 Å². The molecule has 104 valence electrons. The lowest BCUT2D eigenvalue weighted by molar-refractivity contribution is -0.136. The van der Waals surface area contributed by atoms with Gasteiger partial charge in [-0.1, -0.05) is 45.0 Å². The van der Waals surface area contributed by atoms with E-state index in [1.165, 1.54) is 12.7 Å². The van der Waals surface area contributed by atoms with Crippen LogP contribution in [0, 0.1) is 0 Å². The number of benzene rings is 1. The maximum atomic E-state index is 11.4. The maximum absolute atomic E-state index is 11.4. The molecule has 1 N–H and O–H groups in total. The third-order valence-electron chi connectivity index (χ3n) is 3.05. The fourth-order valence-corrected chi connectivity index (χ4v) is 1.95. The van der Waals surface area contributed by atoms with Gasteiger partial charge in [0.25, 0.3) is 0 Å². The molecule has 0 radical (unpaired) electrons. The minimum atomic E-state index is -0.249. The number of carbonyl (C=O) groups excluding carboxylic acids is 1. The Morgan fingerprint density at radius 2 is 2.05 bits per heavy atom. The van der Waals surface area contributed by atoms with Gasteiger partial charge in [0.15, 0.2) is 0 Å². The molecule has 0 heterocycles. The number of rotatable bonds is 6. The highest BCUT2D eigenvalue weighted by Gasteiger charge is 2.07. The summed E-state index contributed by atoms with van der Waals surface area (Å²) >= 11 is 0. The minimum Gasteiger partial charge on any atom is -0.466 e. The predicted octanol–water partition coefficient (Wildman–Crippen LogP) is 3.73. The molecule has 0 spiro atoms. The van der Waals surface area contributed by atoms with Crippen molar-refractivity contribution in [3.63, 3.8) is 0 Å². The summed E-state index contributed by atoms with van der Waals surface area (Å²) < 4.78 is 4.73. The molecule has 0 fully saturated rings. The third-order valence-corrected chi connectivity index (χ3v) is 3.05. The van der Waals surface area contributed by atoms with Crippen molar-refractivity contribution in [1.29, 1.82) is 0 Å². The quantitative estimate of drug-likeness (QED) is 0.626. The minimum absolute atomic E-state index is 0.249. The van der Waals surface area contributed by atoms with Gasteiger partial charge >= 0.3 is 5.97 Å². The van der Waals surface area contributed by atoms with Gasteiger partial charge in [-0.25, -0.2) is 4.79 Å². The smallest absolute Gasteiger partial charge is 0.333 e. The first kappa shape index (κ1) is 15.3. The monoisotopic (exact) mass is 261 g/mol. The van der Waals surface area contributed by atoms with Crippen LogP contribution in [-0.2, 0) is 9.53 Å². The topological polar surface area (TPSA) is 38.3 Å². The molecule has 0 amide bonds. The molecule has 0 atom stereocenters. The molecular weight excluding hydrogens is 238 g/mol. The van der Waals surface area contributed by atoms with E-state index < -0.39 is 0 Å². The first-order valence-electron chi connectivity index (χ1n) is 6.70. The summed E-state index contributed by atoms with van der Waals surface area (Å²) in [5.41, 5.74) is 3.11. The normalized spacial score (nSPS) is 11.5. The molecule has 0 saturated heterocycles. The van der Waals surface area contributed by atoms with Crippen LogP contribution >= 0.6 is 0 Å². The van der Waals surface area contributed by atoms with Crippen LogP contribution in [0.15, 0.2) is 35.9 Å². The lowest BCUT2D eigenvalue weighted by Gasteiger charge is -2.13. The van der Waals surface area contributed by atoms with Crippen LogP contribution in [0.1, 0.15) is 38.7 Å². The largest absolute Gasteiger partial charge is 0.466 e. The summed E-state index contributed by atoms with van der Waals surface area (Å²) in [4.78, 5) is 11.4. The van der Waals surface area contributed by atoms with Crippen molar-refractivity contribution in [2.24, 2.45) is 0 Å². The van der Waals surface area contributed by atoms with Crippen molar-refractivity contribution in [2.45, 2.75) is 33.1 Å². The molecule has 0 aliphatic carbocycles. The molecule has 1 aromatic rings. The standard InChI is InChI=1S/C16H23NO2/c1-5-13(16(18)19-4)10-11-17-15-9-7-6-8-14(15)12(2)3/h6-10,12,17H,5,11H2,1-4H3/b13-10-. The van der Waals surface area contributed by atoms with E-state index in [-0.39, 0.29) is 5.97 Å². The molecule has 0 unspecified atom stereocenters. The first-order chi connectivity index (χ1) is 9.10. The van der Waals surface area contributed by atoms with Gasteiger partial charge in [0.2, 0.25) is 0 Å². The van der Waals surface area contributed by atoms with E-state index in [1.807, 2.05) is 25.1 Å². The molecule has 0 aromatic heterocycles. The van der Waals surface area contributed by atoms with Gasteiger partial charge in [-0.2, -0.15) is 0 Å². The lowest BCUT2D eigenvalue weighted by atomic mass is 10.0. The molecule has 0 aliphatic rings. The molecule has 1 rings (SSSR count). The Labute approximate surface area is 115 Å². The number of anilines is 1. The molecular formula is C16H23NO2. The Balaban J connectivity index is 2.72. The number of esters is 1. The van der Waals surface area contributed by atoms with Crippen LogP contribution in [0.3, 0.4) is 0 Å². The van der Waals surface area contributed by atoms with Crippen LogP contribution in [0.4, 0.5) is 5.69 Å². The van der Waals surface area contributed by atoms with E-state index in [0.717, 1.165) is 5.69 Å². The van der Waals surface area contributed by atoms with Crippen LogP contribution in [0.2, 0.25) is 0 Å². The van der Waals surface area contributed by atoms with Gasteiger partial charge in [0, 0.05) is 17.8 Å². The van der Waals surface area contributed by atoms with Gasteiger partial charge < -0.3 is 10.1 Å². The second-order valence-corrected chi connectivity index (χ2v) is 4.70. The second-order valence-electron chi connectivity index (χ2n) is 4.70. The summed E-state index contributed by atoms with van der Waals surface area (Å²) in [5.74, 6) is 0.223. The number of carbonyl (C=O) groups is 1. The fraction of sp³-hybridized carbons (Fsp3) is 0.438. The lowest BCUT2D eigenvalue weighted by Crippen LogP contribution is -2.08. The van der Waals surface area contributed by atoms with Gasteiger partial charge in [0.1, 0.15) is 0 Å². The van der Waals surface area contributed by atoms with Gasteiger partial charge in [-0.15, -0.1) is 0 Å². The number of hydrogen-bond acceptors (Lipinski definition) is 3. The number of para-hydroxylation sites is 1. The highest BCUT2D eigenvalue weighted by molar-refractivity contribution is 5.88. The first-order valence-corrected chi connectivity index (χ1v) is 6.70. The van der Waals surface area contributed by atoms with Crippen molar-refractivity contribution in [3.8, 4) is 0 Å². The molecule has 3 nitrogen and oxygen atoms in total. The van der Waals surface area contributed by atoms with E-state index in [1.54, 1.807) is 0 Å². The van der Waals surface area contributed by atoms with E-state index in [4.69, 9.17) is 4.74 Å². The van der Waals surface area contributed by atoms with Crippen molar-refractivity contribution in [2.75, 3.05) is 19.0 Å². The molecule has 0 saturated carbocycles. The highest BCUT2D eigenvalue weighted by Crippen LogP contribution is 2.23. The highest BCUT2D eigenvalue weighted by atomic mass is 16.5. The van der Waals surface area contributed by atoms with E-state index in [9.17, 15) is 4.79 Å². The van der Waals surface area contributed by atoms with Gasteiger partial charge in [-0.3, -0.25) is 0 Å². The van der Waals surface area contributed by atoms with E-state index >= 15 is 0 Å². The number of hydrogen-bond donors (Lipinski definition) is 1. The van der Waals surface area contributed by atoms with Crippen LogP contribution in [0.5, 0.6) is 0 Å². The molecule has 1 aromatic carbocycles. The second kappa shape index (κ2) is 7.62. The average molecular weight is 261 g/mol. The van der Waals surface area contributed by atoms with Crippen LogP contribution in [-0.4, -0.2) is 19.6 Å². The Kier molecular flexibility index (Phi) is 6.13.